The first-order valence-electron chi connectivity index (χ1n) is 5.68. The van der Waals surface area contributed by atoms with E-state index in [2.05, 4.69) is 24.3 Å². The molecule has 2 nitrogen and oxygen atoms in total. The van der Waals surface area contributed by atoms with Crippen LogP contribution < -0.4 is 0 Å². The highest BCUT2D eigenvalue weighted by Gasteiger charge is 2.21. The molecule has 16 heavy (non-hydrogen) atoms. The molecule has 1 atom stereocenters. The Morgan fingerprint density at radius 1 is 1.25 bits per heavy atom. The number of alkyl halides is 1. The maximum absolute atomic E-state index is 11.8. The van der Waals surface area contributed by atoms with E-state index in [1.807, 2.05) is 4.90 Å². The molecule has 0 saturated heterocycles. The molecular formula is C13H16ClNO. The predicted octanol–water partition coefficient (Wildman–Crippen LogP) is 2.24. The number of rotatable bonds is 1. The molecule has 1 aliphatic rings. The standard InChI is InChI=1S/C13H16ClNO/c1-10(14)13(16)15-8-6-11-4-2-3-5-12(11)7-9-15/h2-5,10H,6-9H2,1H3. The fraction of sp³-hybridized carbons (Fsp3) is 0.462. The SMILES string of the molecule is CC(Cl)C(=O)N1CCc2ccccc2CC1. The molecule has 2 rings (SSSR count). The molecule has 0 saturated carbocycles. The molecular weight excluding hydrogens is 222 g/mol. The second-order valence-corrected chi connectivity index (χ2v) is 4.86. The largest absolute Gasteiger partial charge is 0.341 e. The maximum Gasteiger partial charge on any atom is 0.240 e. The topological polar surface area (TPSA) is 20.3 Å². The van der Waals surface area contributed by atoms with Crippen LogP contribution >= 0.6 is 11.6 Å². The van der Waals surface area contributed by atoms with Crippen molar-refractivity contribution in [3.05, 3.63) is 35.4 Å². The highest BCUT2D eigenvalue weighted by Crippen LogP contribution is 2.16. The zero-order valence-corrected chi connectivity index (χ0v) is 10.2. The molecule has 0 aromatic heterocycles. The van der Waals surface area contributed by atoms with Crippen molar-refractivity contribution < 1.29 is 4.79 Å². The van der Waals surface area contributed by atoms with E-state index in [1.54, 1.807) is 6.92 Å². The summed E-state index contributed by atoms with van der Waals surface area (Å²) in [6.07, 6.45) is 1.87. The molecule has 0 N–H and O–H groups in total. The molecule has 1 aliphatic heterocycles. The van der Waals surface area contributed by atoms with Crippen LogP contribution in [0.5, 0.6) is 0 Å². The van der Waals surface area contributed by atoms with Gasteiger partial charge in [-0.15, -0.1) is 11.6 Å². The van der Waals surface area contributed by atoms with Gasteiger partial charge in [0.15, 0.2) is 0 Å². The molecule has 0 radical (unpaired) electrons. The van der Waals surface area contributed by atoms with Gasteiger partial charge in [-0.1, -0.05) is 24.3 Å². The van der Waals surface area contributed by atoms with Crippen LogP contribution in [0.4, 0.5) is 0 Å². The van der Waals surface area contributed by atoms with Crippen molar-refractivity contribution >= 4 is 17.5 Å². The van der Waals surface area contributed by atoms with E-state index in [0.717, 1.165) is 25.9 Å². The zero-order chi connectivity index (χ0) is 11.5. The second-order valence-electron chi connectivity index (χ2n) is 4.21. The van der Waals surface area contributed by atoms with Crippen LogP contribution in [0.15, 0.2) is 24.3 Å². The van der Waals surface area contributed by atoms with E-state index in [4.69, 9.17) is 11.6 Å². The van der Waals surface area contributed by atoms with Crippen LogP contribution in [0.1, 0.15) is 18.1 Å². The van der Waals surface area contributed by atoms with Crippen molar-refractivity contribution in [1.29, 1.82) is 0 Å². The first-order chi connectivity index (χ1) is 7.68. The van der Waals surface area contributed by atoms with Gasteiger partial charge in [0.05, 0.1) is 0 Å². The van der Waals surface area contributed by atoms with E-state index in [1.165, 1.54) is 11.1 Å². The van der Waals surface area contributed by atoms with E-state index in [-0.39, 0.29) is 5.91 Å². The summed E-state index contributed by atoms with van der Waals surface area (Å²) >= 11 is 5.83. The van der Waals surface area contributed by atoms with Crippen LogP contribution in [-0.4, -0.2) is 29.3 Å². The molecule has 3 heteroatoms. The molecule has 1 heterocycles. The molecule has 0 aliphatic carbocycles. The third-order valence-electron chi connectivity index (χ3n) is 3.07. The van der Waals surface area contributed by atoms with Crippen molar-refractivity contribution in [1.82, 2.24) is 4.90 Å². The van der Waals surface area contributed by atoms with Gasteiger partial charge in [-0.3, -0.25) is 4.79 Å². The minimum absolute atomic E-state index is 0.0504. The summed E-state index contributed by atoms with van der Waals surface area (Å²) in [5.74, 6) is 0.0504. The van der Waals surface area contributed by atoms with Crippen LogP contribution in [-0.2, 0) is 17.6 Å². The molecule has 0 fully saturated rings. The van der Waals surface area contributed by atoms with Crippen molar-refractivity contribution in [3.63, 3.8) is 0 Å². The molecule has 1 aromatic rings. The number of benzene rings is 1. The third-order valence-corrected chi connectivity index (χ3v) is 3.26. The highest BCUT2D eigenvalue weighted by atomic mass is 35.5. The maximum atomic E-state index is 11.8. The van der Waals surface area contributed by atoms with Crippen LogP contribution in [0, 0.1) is 0 Å². The normalized spacial score (nSPS) is 17.5. The van der Waals surface area contributed by atoms with Gasteiger partial charge in [-0.2, -0.15) is 0 Å². The van der Waals surface area contributed by atoms with Gasteiger partial charge in [-0.25, -0.2) is 0 Å². The first-order valence-corrected chi connectivity index (χ1v) is 6.12. The zero-order valence-electron chi connectivity index (χ0n) is 9.45. The molecule has 1 unspecified atom stereocenters. The number of hydrogen-bond donors (Lipinski definition) is 0. The third kappa shape index (κ3) is 2.38. The Morgan fingerprint density at radius 3 is 2.19 bits per heavy atom. The van der Waals surface area contributed by atoms with Crippen molar-refractivity contribution in [2.75, 3.05) is 13.1 Å². The lowest BCUT2D eigenvalue weighted by Crippen LogP contribution is -2.37. The minimum atomic E-state index is -0.416. The fourth-order valence-corrected chi connectivity index (χ4v) is 2.28. The van der Waals surface area contributed by atoms with Crippen LogP contribution in [0.2, 0.25) is 0 Å². The van der Waals surface area contributed by atoms with Crippen molar-refractivity contribution in [2.45, 2.75) is 25.1 Å². The van der Waals surface area contributed by atoms with Gasteiger partial charge in [0.25, 0.3) is 0 Å². The molecule has 86 valence electrons. The average Bonchev–Trinajstić information content (AvgIpc) is 2.50. The van der Waals surface area contributed by atoms with E-state index >= 15 is 0 Å². The predicted molar refractivity (Wildman–Crippen MR) is 65.7 cm³/mol. The van der Waals surface area contributed by atoms with Crippen molar-refractivity contribution in [2.24, 2.45) is 0 Å². The Bertz CT molecular complexity index is 362. The van der Waals surface area contributed by atoms with Gasteiger partial charge >= 0.3 is 0 Å². The first kappa shape index (κ1) is 11.5. The number of nitrogens with zero attached hydrogens (tertiary/aromatic N) is 1. The molecule has 0 bridgehead atoms. The number of carbonyl (C=O) groups is 1. The Morgan fingerprint density at radius 2 is 1.75 bits per heavy atom. The number of amides is 1. The summed E-state index contributed by atoms with van der Waals surface area (Å²) in [5.41, 5.74) is 2.72. The Hall–Kier alpha value is -1.02. The summed E-state index contributed by atoms with van der Waals surface area (Å²) in [7, 11) is 0. The molecule has 0 spiro atoms. The molecule has 1 amide bonds. The summed E-state index contributed by atoms with van der Waals surface area (Å²) in [6, 6.07) is 8.40. The lowest BCUT2D eigenvalue weighted by molar-refractivity contribution is -0.130. The summed E-state index contributed by atoms with van der Waals surface area (Å²) < 4.78 is 0. The Labute approximate surface area is 101 Å². The average molecular weight is 238 g/mol. The van der Waals surface area contributed by atoms with Gasteiger partial charge in [0, 0.05) is 13.1 Å². The number of fused-ring (bicyclic) bond motifs is 1. The smallest absolute Gasteiger partial charge is 0.240 e. The Kier molecular flexibility index (Phi) is 3.49. The van der Waals surface area contributed by atoms with Crippen molar-refractivity contribution in [3.8, 4) is 0 Å². The van der Waals surface area contributed by atoms with E-state index in [0.29, 0.717) is 0 Å². The highest BCUT2D eigenvalue weighted by molar-refractivity contribution is 6.30. The van der Waals surface area contributed by atoms with E-state index < -0.39 is 5.38 Å². The lowest BCUT2D eigenvalue weighted by atomic mass is 10.0. The van der Waals surface area contributed by atoms with Crippen LogP contribution in [0.3, 0.4) is 0 Å². The number of carbonyl (C=O) groups excluding carboxylic acids is 1. The summed E-state index contributed by atoms with van der Waals surface area (Å²) in [6.45, 7) is 3.31. The monoisotopic (exact) mass is 237 g/mol. The van der Waals surface area contributed by atoms with Gasteiger partial charge in [0.2, 0.25) is 5.91 Å². The quantitative estimate of drug-likeness (QED) is 0.686. The second kappa shape index (κ2) is 4.88. The Balaban J connectivity index is 2.10. The minimum Gasteiger partial charge on any atom is -0.341 e. The number of halogens is 1. The fourth-order valence-electron chi connectivity index (χ4n) is 2.14. The number of hydrogen-bond acceptors (Lipinski definition) is 1. The van der Waals surface area contributed by atoms with Gasteiger partial charge in [0.1, 0.15) is 5.38 Å². The summed E-state index contributed by atoms with van der Waals surface area (Å²) in [5, 5.41) is -0.416. The van der Waals surface area contributed by atoms with Gasteiger partial charge in [-0.05, 0) is 30.9 Å². The molecule has 1 aromatic carbocycles. The van der Waals surface area contributed by atoms with Gasteiger partial charge < -0.3 is 4.90 Å². The van der Waals surface area contributed by atoms with E-state index in [9.17, 15) is 4.79 Å². The summed E-state index contributed by atoms with van der Waals surface area (Å²) in [4.78, 5) is 13.7. The lowest BCUT2D eigenvalue weighted by Gasteiger charge is -2.21. The van der Waals surface area contributed by atoms with Crippen LogP contribution in [0.25, 0.3) is 0 Å².